The molecule has 0 bridgehead atoms. The number of aromatic amines is 1. The van der Waals surface area contributed by atoms with E-state index in [1.54, 1.807) is 24.3 Å². The zero-order chi connectivity index (χ0) is 38.9. The van der Waals surface area contributed by atoms with Gasteiger partial charge in [0.15, 0.2) is 0 Å². The number of piperidine rings is 1. The molecule has 11 nitrogen and oxygen atoms in total. The van der Waals surface area contributed by atoms with Crippen LogP contribution in [0.4, 0.5) is 16.2 Å². The van der Waals surface area contributed by atoms with Crippen LogP contribution in [0.3, 0.4) is 0 Å². The van der Waals surface area contributed by atoms with Crippen LogP contribution in [0.5, 0.6) is 5.75 Å². The molecule has 1 aliphatic heterocycles. The minimum absolute atomic E-state index is 0.0550. The lowest BCUT2D eigenvalue weighted by atomic mass is 10.0. The van der Waals surface area contributed by atoms with E-state index in [4.69, 9.17) is 4.74 Å². The number of nitrogens with zero attached hydrogens (tertiary/aromatic N) is 1. The number of aromatic hydroxyl groups is 1. The summed E-state index contributed by atoms with van der Waals surface area (Å²) in [6.07, 6.45) is 1.01. The van der Waals surface area contributed by atoms with Gasteiger partial charge in [-0.2, -0.15) is 0 Å². The molecule has 1 atom stereocenters. The molecule has 2 amide bonds. The molecule has 0 spiro atoms. The molecule has 1 saturated heterocycles. The number of amides is 2. The fourth-order valence-corrected chi connectivity index (χ4v) is 7.03. The van der Waals surface area contributed by atoms with Crippen LogP contribution in [-0.2, 0) is 17.7 Å². The number of benzene rings is 5. The summed E-state index contributed by atoms with van der Waals surface area (Å²) < 4.78 is 5.80. The first-order valence-electron chi connectivity index (χ1n) is 18.9. The van der Waals surface area contributed by atoms with E-state index in [1.807, 2.05) is 91.0 Å². The minimum atomic E-state index is -0.866. The van der Waals surface area contributed by atoms with Crippen LogP contribution in [0.15, 0.2) is 132 Å². The van der Waals surface area contributed by atoms with Gasteiger partial charge in [0.1, 0.15) is 11.9 Å². The third kappa shape index (κ3) is 9.69. The number of pyridine rings is 1. The second-order valence-corrected chi connectivity index (χ2v) is 14.0. The number of carbonyl (C=O) groups excluding carboxylic acids is 2. The molecule has 286 valence electrons. The minimum Gasteiger partial charge on any atom is -0.506 e. The van der Waals surface area contributed by atoms with Gasteiger partial charge in [0.25, 0.3) is 5.91 Å². The van der Waals surface area contributed by atoms with Gasteiger partial charge in [-0.25, -0.2) is 4.79 Å². The van der Waals surface area contributed by atoms with E-state index in [-0.39, 0.29) is 29.9 Å². The maximum Gasteiger partial charge on any atom is 0.411 e. The number of phenols is 1. The largest absolute Gasteiger partial charge is 0.506 e. The van der Waals surface area contributed by atoms with E-state index in [0.717, 1.165) is 61.3 Å². The topological polar surface area (TPSA) is 156 Å². The Kier molecular flexibility index (Phi) is 12.2. The lowest BCUT2D eigenvalue weighted by Crippen LogP contribution is -2.39. The van der Waals surface area contributed by atoms with Crippen LogP contribution in [0.25, 0.3) is 22.0 Å². The van der Waals surface area contributed by atoms with Gasteiger partial charge in [-0.15, -0.1) is 0 Å². The molecule has 1 fully saturated rings. The average Bonchev–Trinajstić information content (AvgIpc) is 3.22. The SMILES string of the molecule is O=C(Nc1ccccc1-c1ccccc1)OC1CCN(CCc2ccc(NC(=O)c3ccc(CNC[C@H](O)c4ccc(O)c5[nH]c(=O)ccc45)cc3)cc2)CC1. The molecule has 1 aromatic heterocycles. The van der Waals surface area contributed by atoms with Gasteiger partial charge in [-0.3, -0.25) is 14.9 Å². The molecule has 0 saturated carbocycles. The van der Waals surface area contributed by atoms with E-state index >= 15 is 0 Å². The summed E-state index contributed by atoms with van der Waals surface area (Å²) in [6, 6.07) is 38.9. The number of hydrogen-bond donors (Lipinski definition) is 6. The quantitative estimate of drug-likeness (QED) is 0.0722. The number of rotatable bonds is 13. The van der Waals surface area contributed by atoms with E-state index in [2.05, 4.69) is 25.8 Å². The first kappa shape index (κ1) is 38.0. The highest BCUT2D eigenvalue weighted by molar-refractivity contribution is 6.04. The van der Waals surface area contributed by atoms with Crippen LogP contribution in [0.2, 0.25) is 0 Å². The lowest BCUT2D eigenvalue weighted by Gasteiger charge is -2.31. The zero-order valence-corrected chi connectivity index (χ0v) is 30.9. The molecule has 0 radical (unpaired) electrons. The molecule has 56 heavy (non-hydrogen) atoms. The Bertz CT molecular complexity index is 2320. The summed E-state index contributed by atoms with van der Waals surface area (Å²) in [4.78, 5) is 42.5. The molecule has 11 heteroatoms. The van der Waals surface area contributed by atoms with Gasteiger partial charge in [0.2, 0.25) is 5.56 Å². The van der Waals surface area contributed by atoms with Gasteiger partial charge in [-0.05, 0) is 84.0 Å². The van der Waals surface area contributed by atoms with E-state index < -0.39 is 12.2 Å². The van der Waals surface area contributed by atoms with Crippen molar-refractivity contribution >= 4 is 34.3 Å². The lowest BCUT2D eigenvalue weighted by molar-refractivity contribution is 0.0593. The molecular weight excluding hydrogens is 707 g/mol. The summed E-state index contributed by atoms with van der Waals surface area (Å²) in [5.74, 6) is -0.260. The molecule has 0 unspecified atom stereocenters. The van der Waals surface area contributed by atoms with Crippen LogP contribution in [0.1, 0.15) is 46.0 Å². The third-order valence-corrected chi connectivity index (χ3v) is 10.1. The molecule has 6 aromatic rings. The fraction of sp³-hybridized carbons (Fsp3) is 0.222. The molecular formula is C45H45N5O6. The van der Waals surface area contributed by atoms with Crippen molar-refractivity contribution < 1.29 is 24.5 Å². The number of nitrogens with one attached hydrogen (secondary N) is 4. The van der Waals surface area contributed by atoms with Gasteiger partial charge >= 0.3 is 6.09 Å². The van der Waals surface area contributed by atoms with Crippen molar-refractivity contribution in [2.24, 2.45) is 0 Å². The molecule has 7 rings (SSSR count). The zero-order valence-electron chi connectivity index (χ0n) is 30.9. The number of aliphatic hydroxyl groups excluding tert-OH is 1. The maximum atomic E-state index is 13.0. The second kappa shape index (κ2) is 17.9. The molecule has 2 heterocycles. The summed E-state index contributed by atoms with van der Waals surface area (Å²) in [7, 11) is 0. The van der Waals surface area contributed by atoms with Crippen molar-refractivity contribution in [3.63, 3.8) is 0 Å². The molecule has 6 N–H and O–H groups in total. The summed E-state index contributed by atoms with van der Waals surface area (Å²) in [5, 5.41) is 30.6. The smallest absolute Gasteiger partial charge is 0.411 e. The number of aromatic nitrogens is 1. The van der Waals surface area contributed by atoms with Crippen molar-refractivity contribution in [2.45, 2.75) is 38.0 Å². The second-order valence-electron chi connectivity index (χ2n) is 14.0. The van der Waals surface area contributed by atoms with Gasteiger partial charge in [0, 0.05) is 61.0 Å². The van der Waals surface area contributed by atoms with Gasteiger partial charge in [0.05, 0.1) is 17.3 Å². The number of carbonyl (C=O) groups is 2. The Labute approximate surface area is 325 Å². The Morgan fingerprint density at radius 2 is 1.52 bits per heavy atom. The van der Waals surface area contributed by atoms with E-state index in [0.29, 0.717) is 34.3 Å². The Morgan fingerprint density at radius 3 is 2.29 bits per heavy atom. The van der Waals surface area contributed by atoms with Gasteiger partial charge < -0.3 is 35.5 Å². The first-order valence-corrected chi connectivity index (χ1v) is 18.9. The van der Waals surface area contributed by atoms with Crippen molar-refractivity contribution in [1.82, 2.24) is 15.2 Å². The first-order chi connectivity index (χ1) is 27.3. The highest BCUT2D eigenvalue weighted by Crippen LogP contribution is 2.29. The summed E-state index contributed by atoms with van der Waals surface area (Å²) >= 11 is 0. The number of fused-ring (bicyclic) bond motifs is 1. The van der Waals surface area contributed by atoms with Crippen molar-refractivity contribution in [3.8, 4) is 16.9 Å². The fourth-order valence-electron chi connectivity index (χ4n) is 7.03. The predicted molar refractivity (Wildman–Crippen MR) is 219 cm³/mol. The number of ether oxygens (including phenoxy) is 1. The number of anilines is 2. The van der Waals surface area contributed by atoms with E-state index in [9.17, 15) is 24.6 Å². The van der Waals surface area contributed by atoms with Crippen LogP contribution < -0.4 is 21.5 Å². The third-order valence-electron chi connectivity index (χ3n) is 10.1. The summed E-state index contributed by atoms with van der Waals surface area (Å²) in [5.41, 5.74) is 6.63. The normalized spacial score (nSPS) is 13.9. The molecule has 1 aliphatic rings. The Hall–Kier alpha value is -6.27. The number of likely N-dealkylation sites (tertiary alicyclic amines) is 1. The molecule has 0 aliphatic carbocycles. The monoisotopic (exact) mass is 751 g/mol. The maximum absolute atomic E-state index is 13.0. The molecule has 5 aromatic carbocycles. The highest BCUT2D eigenvalue weighted by atomic mass is 16.6. The number of para-hydroxylation sites is 1. The van der Waals surface area contributed by atoms with E-state index in [1.165, 1.54) is 17.7 Å². The highest BCUT2D eigenvalue weighted by Gasteiger charge is 2.23. The number of phenolic OH excluding ortho intramolecular Hbond substituents is 1. The summed E-state index contributed by atoms with van der Waals surface area (Å²) in [6.45, 7) is 3.32. The van der Waals surface area contributed by atoms with Crippen LogP contribution in [0, 0.1) is 0 Å². The van der Waals surface area contributed by atoms with Gasteiger partial charge in [-0.1, -0.05) is 78.9 Å². The predicted octanol–water partition coefficient (Wildman–Crippen LogP) is 7.23. The number of aliphatic hydroxyl groups is 1. The Balaban J connectivity index is 0.810. The average molecular weight is 752 g/mol. The number of H-pyrrole nitrogens is 1. The standard InChI is InChI=1S/C45H45N5O6/c51-40-20-18-37(38-19-21-42(53)49-43(38)40)41(52)29-46-28-31-10-14-33(15-11-31)44(54)47-34-16-12-30(13-17-34)22-25-50-26-23-35(24-27-50)56-45(55)48-39-9-5-4-8-36(39)32-6-2-1-3-7-32/h1-21,35,41,46,51-52H,22-29H2,(H,47,54)(H,48,55)(H,49,53)/t41-/m0/s1. The van der Waals surface area contributed by atoms with Crippen molar-refractivity contribution in [1.29, 1.82) is 0 Å². The van der Waals surface area contributed by atoms with Crippen LogP contribution >= 0.6 is 0 Å². The number of hydrogen-bond acceptors (Lipinski definition) is 8. The van der Waals surface area contributed by atoms with Crippen LogP contribution in [-0.4, -0.2) is 64.4 Å². The Morgan fingerprint density at radius 1 is 0.804 bits per heavy atom. The van der Waals surface area contributed by atoms with Crippen molar-refractivity contribution in [2.75, 3.05) is 36.8 Å². The van der Waals surface area contributed by atoms with Crippen molar-refractivity contribution in [3.05, 3.63) is 160 Å².